The van der Waals surface area contributed by atoms with Crippen LogP contribution in [0.25, 0.3) is 0 Å². The van der Waals surface area contributed by atoms with E-state index < -0.39 is 5.97 Å². The highest BCUT2D eigenvalue weighted by Gasteiger charge is 2.31. The highest BCUT2D eigenvalue weighted by Crippen LogP contribution is 2.17. The molecule has 0 bridgehead atoms. The number of furan rings is 1. The van der Waals surface area contributed by atoms with Crippen molar-refractivity contribution in [2.75, 3.05) is 33.4 Å². The maximum Gasteiger partial charge on any atom is 0.341 e. The molecule has 0 spiro atoms. The molecule has 0 amide bonds. The number of nitrogens with one attached hydrogen (secondary N) is 1. The Labute approximate surface area is 123 Å². The van der Waals surface area contributed by atoms with Crippen molar-refractivity contribution in [1.82, 2.24) is 10.2 Å². The molecule has 0 aliphatic carbocycles. The van der Waals surface area contributed by atoms with Crippen LogP contribution in [0.4, 0.5) is 0 Å². The van der Waals surface area contributed by atoms with Crippen LogP contribution in [0.2, 0.25) is 0 Å². The summed E-state index contributed by atoms with van der Waals surface area (Å²) in [6.07, 6.45) is 1.45. The Balaban J connectivity index is 2.11. The molecule has 0 radical (unpaired) electrons. The van der Waals surface area contributed by atoms with Crippen molar-refractivity contribution in [1.29, 1.82) is 0 Å². The Hall–Kier alpha value is -1.86. The highest BCUT2D eigenvalue weighted by molar-refractivity contribution is 5.90. The van der Waals surface area contributed by atoms with Crippen LogP contribution >= 0.6 is 0 Å². The van der Waals surface area contributed by atoms with E-state index in [1.807, 2.05) is 4.90 Å². The summed E-state index contributed by atoms with van der Waals surface area (Å²) in [6.45, 7) is 4.45. The van der Waals surface area contributed by atoms with Gasteiger partial charge in [-0.05, 0) is 13.0 Å². The van der Waals surface area contributed by atoms with Crippen molar-refractivity contribution in [3.8, 4) is 0 Å². The molecule has 21 heavy (non-hydrogen) atoms. The lowest BCUT2D eigenvalue weighted by molar-refractivity contribution is -0.150. The molecule has 1 unspecified atom stereocenters. The molecule has 2 heterocycles. The third-order valence-electron chi connectivity index (χ3n) is 3.41. The normalized spacial score (nSPS) is 19.2. The summed E-state index contributed by atoms with van der Waals surface area (Å²) in [6, 6.07) is 1.19. The molecule has 1 N–H and O–H groups in total. The van der Waals surface area contributed by atoms with E-state index in [1.54, 1.807) is 13.0 Å². The molecule has 1 aliphatic heterocycles. The first-order valence-electron chi connectivity index (χ1n) is 6.93. The van der Waals surface area contributed by atoms with Gasteiger partial charge in [0.25, 0.3) is 0 Å². The zero-order valence-corrected chi connectivity index (χ0v) is 12.3. The zero-order chi connectivity index (χ0) is 15.2. The van der Waals surface area contributed by atoms with Crippen LogP contribution in [0.3, 0.4) is 0 Å². The Morgan fingerprint density at radius 3 is 3.05 bits per heavy atom. The Kier molecular flexibility index (Phi) is 5.35. The van der Waals surface area contributed by atoms with Gasteiger partial charge in [-0.25, -0.2) is 4.79 Å². The third-order valence-corrected chi connectivity index (χ3v) is 3.41. The first kappa shape index (κ1) is 15.5. The number of hydrogen-bond donors (Lipinski definition) is 1. The number of methoxy groups -OCH3 is 1. The number of piperazine rings is 1. The zero-order valence-electron chi connectivity index (χ0n) is 12.3. The van der Waals surface area contributed by atoms with Crippen molar-refractivity contribution in [3.63, 3.8) is 0 Å². The van der Waals surface area contributed by atoms with E-state index >= 15 is 0 Å². The summed E-state index contributed by atoms with van der Waals surface area (Å²) in [5, 5.41) is 3.17. The number of esters is 2. The molecule has 2 rings (SSSR count). The minimum Gasteiger partial charge on any atom is -0.467 e. The number of rotatable bonds is 5. The maximum absolute atomic E-state index is 12.0. The van der Waals surface area contributed by atoms with Gasteiger partial charge in [-0.3, -0.25) is 9.69 Å². The monoisotopic (exact) mass is 296 g/mol. The fourth-order valence-electron chi connectivity index (χ4n) is 2.35. The summed E-state index contributed by atoms with van der Waals surface area (Å²) in [4.78, 5) is 25.6. The van der Waals surface area contributed by atoms with E-state index in [2.05, 4.69) is 5.32 Å². The summed E-state index contributed by atoms with van der Waals surface area (Å²) in [5.74, 6) is -0.213. The summed E-state index contributed by atoms with van der Waals surface area (Å²) in [7, 11) is 1.32. The SMILES string of the molecule is CCOC(=O)C1CNCCN1Cc1occc1C(=O)OC. The lowest BCUT2D eigenvalue weighted by Gasteiger charge is -2.33. The molecule has 1 aliphatic rings. The van der Waals surface area contributed by atoms with Gasteiger partial charge in [0, 0.05) is 19.6 Å². The molecule has 0 saturated carbocycles. The molecule has 1 aromatic rings. The Morgan fingerprint density at radius 1 is 1.52 bits per heavy atom. The van der Waals surface area contributed by atoms with Crippen molar-refractivity contribution in [3.05, 3.63) is 23.7 Å². The Bertz CT molecular complexity index is 499. The highest BCUT2D eigenvalue weighted by atomic mass is 16.5. The molecular formula is C14H20N2O5. The van der Waals surface area contributed by atoms with Crippen LogP contribution in [-0.4, -0.2) is 56.2 Å². The van der Waals surface area contributed by atoms with Crippen molar-refractivity contribution in [2.45, 2.75) is 19.5 Å². The van der Waals surface area contributed by atoms with Crippen molar-refractivity contribution in [2.24, 2.45) is 0 Å². The van der Waals surface area contributed by atoms with E-state index in [9.17, 15) is 9.59 Å². The fourth-order valence-corrected chi connectivity index (χ4v) is 2.35. The molecule has 116 valence electrons. The summed E-state index contributed by atoms with van der Waals surface area (Å²) in [5.41, 5.74) is 0.388. The minimum absolute atomic E-state index is 0.268. The van der Waals surface area contributed by atoms with Crippen LogP contribution in [0.15, 0.2) is 16.7 Å². The molecule has 7 heteroatoms. The van der Waals surface area contributed by atoms with Gasteiger partial charge in [-0.1, -0.05) is 0 Å². The number of carbonyl (C=O) groups is 2. The molecular weight excluding hydrogens is 276 g/mol. The van der Waals surface area contributed by atoms with Gasteiger partial charge < -0.3 is 19.2 Å². The van der Waals surface area contributed by atoms with Gasteiger partial charge in [-0.15, -0.1) is 0 Å². The molecule has 1 fully saturated rings. The van der Waals surface area contributed by atoms with E-state index in [0.717, 1.165) is 6.54 Å². The first-order chi connectivity index (χ1) is 10.2. The van der Waals surface area contributed by atoms with Crippen LogP contribution < -0.4 is 5.32 Å². The standard InChI is InChI=1S/C14H20N2O5/c1-3-20-14(18)11-8-15-5-6-16(11)9-12-10(4-7-21-12)13(17)19-2/h4,7,11,15H,3,5-6,8-9H2,1-2H3. The molecule has 1 aromatic heterocycles. The quantitative estimate of drug-likeness (QED) is 0.788. The molecule has 0 aromatic carbocycles. The van der Waals surface area contributed by atoms with Gasteiger partial charge in [0.2, 0.25) is 0 Å². The molecule has 1 atom stereocenters. The van der Waals surface area contributed by atoms with Crippen LogP contribution in [0.1, 0.15) is 23.0 Å². The van der Waals surface area contributed by atoms with Crippen LogP contribution in [-0.2, 0) is 20.8 Å². The fraction of sp³-hybridized carbons (Fsp3) is 0.571. The maximum atomic E-state index is 12.0. The molecule has 1 saturated heterocycles. The van der Waals surface area contributed by atoms with E-state index in [-0.39, 0.29) is 12.0 Å². The van der Waals surface area contributed by atoms with Gasteiger partial charge in [0.05, 0.1) is 26.5 Å². The Morgan fingerprint density at radius 2 is 2.33 bits per heavy atom. The summed E-state index contributed by atoms with van der Waals surface area (Å²) < 4.78 is 15.2. The average Bonchev–Trinajstić information content (AvgIpc) is 2.95. The van der Waals surface area contributed by atoms with E-state index in [4.69, 9.17) is 13.9 Å². The van der Waals surface area contributed by atoms with Crippen LogP contribution in [0.5, 0.6) is 0 Å². The minimum atomic E-state index is -0.443. The van der Waals surface area contributed by atoms with Crippen LogP contribution in [0, 0.1) is 0 Å². The second kappa shape index (κ2) is 7.24. The van der Waals surface area contributed by atoms with Gasteiger partial charge in [0.15, 0.2) is 0 Å². The first-order valence-corrected chi connectivity index (χ1v) is 6.93. The number of carbonyl (C=O) groups excluding carboxylic acids is 2. The number of nitrogens with zero attached hydrogens (tertiary/aromatic N) is 1. The largest absolute Gasteiger partial charge is 0.467 e. The number of ether oxygens (including phenoxy) is 2. The second-order valence-electron chi connectivity index (χ2n) is 4.69. The lowest BCUT2D eigenvalue weighted by Crippen LogP contribution is -2.54. The van der Waals surface area contributed by atoms with Crippen molar-refractivity contribution >= 4 is 11.9 Å². The average molecular weight is 296 g/mol. The second-order valence-corrected chi connectivity index (χ2v) is 4.69. The van der Waals surface area contributed by atoms with Gasteiger partial charge in [0.1, 0.15) is 17.4 Å². The topological polar surface area (TPSA) is 81.0 Å². The van der Waals surface area contributed by atoms with Gasteiger partial charge >= 0.3 is 11.9 Å². The molecule has 7 nitrogen and oxygen atoms in total. The predicted molar refractivity (Wildman–Crippen MR) is 73.7 cm³/mol. The lowest BCUT2D eigenvalue weighted by atomic mass is 10.1. The number of hydrogen-bond acceptors (Lipinski definition) is 7. The van der Waals surface area contributed by atoms with E-state index in [0.29, 0.717) is 37.6 Å². The third kappa shape index (κ3) is 3.62. The van der Waals surface area contributed by atoms with E-state index in [1.165, 1.54) is 13.4 Å². The van der Waals surface area contributed by atoms with Crippen molar-refractivity contribution < 1.29 is 23.5 Å². The predicted octanol–water partition coefficient (Wildman–Crippen LogP) is 0.403. The summed E-state index contributed by atoms with van der Waals surface area (Å²) >= 11 is 0. The smallest absolute Gasteiger partial charge is 0.341 e. The van der Waals surface area contributed by atoms with Gasteiger partial charge in [-0.2, -0.15) is 0 Å².